The number of nitrogens with zero attached hydrogens (tertiary/aromatic N) is 3. The molecule has 1 saturated carbocycles. The zero-order valence-electron chi connectivity index (χ0n) is 18.1. The van der Waals surface area contributed by atoms with Gasteiger partial charge in [0.2, 0.25) is 0 Å². The van der Waals surface area contributed by atoms with Crippen LogP contribution in [0.3, 0.4) is 0 Å². The van der Waals surface area contributed by atoms with Crippen molar-refractivity contribution in [1.82, 2.24) is 9.72 Å². The zero-order chi connectivity index (χ0) is 22.9. The number of pyridine rings is 1. The normalized spacial score (nSPS) is 18.2. The van der Waals surface area contributed by atoms with Crippen LogP contribution in [0.1, 0.15) is 42.3 Å². The molecule has 1 aromatic carbocycles. The largest absolute Gasteiger partial charge is 0.480 e. The number of aromatic nitrogens is 2. The average molecular weight is 462 g/mol. The molecule has 3 aromatic rings. The molecule has 1 N–H and O–H groups in total. The molecular formula is C25H23N3O4S. The predicted octanol–water partition coefficient (Wildman–Crippen LogP) is 5.06. The fourth-order valence-electron chi connectivity index (χ4n) is 4.09. The molecule has 2 aromatic heterocycles. The number of carboxylic acids is 1. The molecule has 0 spiro atoms. The molecule has 0 saturated heterocycles. The van der Waals surface area contributed by atoms with Gasteiger partial charge in [-0.15, -0.1) is 11.8 Å². The van der Waals surface area contributed by atoms with E-state index in [1.807, 2.05) is 49.5 Å². The van der Waals surface area contributed by atoms with E-state index in [0.29, 0.717) is 17.4 Å². The Balaban J connectivity index is 0.000000406. The molecule has 3 aliphatic rings. The van der Waals surface area contributed by atoms with Gasteiger partial charge in [-0.2, -0.15) is 0 Å². The summed E-state index contributed by atoms with van der Waals surface area (Å²) in [5.74, 6) is 0.297. The molecule has 0 amide bonds. The topological polar surface area (TPSA) is 97.7 Å². The van der Waals surface area contributed by atoms with Crippen molar-refractivity contribution < 1.29 is 14.4 Å². The quantitative estimate of drug-likeness (QED) is 0.583. The number of carbonyl (C=O) groups is 1. The molecule has 168 valence electrons. The fraction of sp³-hybridized carbons (Fsp3) is 0.280. The number of aliphatic carboxylic acids is 1. The summed E-state index contributed by atoms with van der Waals surface area (Å²) in [6.07, 6.45) is 8.80. The number of allylic oxidation sites excluding steroid dienone is 1. The molecule has 33 heavy (non-hydrogen) atoms. The van der Waals surface area contributed by atoms with E-state index < -0.39 is 12.0 Å². The Labute approximate surface area is 194 Å². The van der Waals surface area contributed by atoms with Crippen LogP contribution in [-0.4, -0.2) is 32.8 Å². The standard InChI is InChI=1S/C21H18N2O4S.C4H5N/c1-11-3-2-4-13(7-11)15-9-17(27-22-15)14-8-18(24)23-16(21(25)26)10-28-20(23)19(14)12-5-6-12;1-2-4-5-3-1/h2-4,7-9,12,16H,5-6,10H2,1H3,(H,25,26);1,3-4H,2H2. The van der Waals surface area contributed by atoms with Crippen molar-refractivity contribution in [2.75, 3.05) is 5.75 Å². The van der Waals surface area contributed by atoms with Crippen LogP contribution in [-0.2, 0) is 4.79 Å². The van der Waals surface area contributed by atoms with Gasteiger partial charge in [0.05, 0.1) is 5.03 Å². The number of carboxylic acid groups (broad SMARTS) is 1. The first-order valence-corrected chi connectivity index (χ1v) is 11.9. The van der Waals surface area contributed by atoms with Crippen LogP contribution in [0.25, 0.3) is 22.6 Å². The second-order valence-electron chi connectivity index (χ2n) is 8.32. The molecule has 1 unspecified atom stereocenters. The van der Waals surface area contributed by atoms with Crippen molar-refractivity contribution in [1.29, 1.82) is 0 Å². The molecule has 1 atom stereocenters. The lowest BCUT2D eigenvalue weighted by Gasteiger charge is -2.14. The Morgan fingerprint density at radius 2 is 2.09 bits per heavy atom. The maximum Gasteiger partial charge on any atom is 0.327 e. The molecule has 2 aliphatic heterocycles. The lowest BCUT2D eigenvalue weighted by Crippen LogP contribution is -2.29. The zero-order valence-corrected chi connectivity index (χ0v) is 18.9. The van der Waals surface area contributed by atoms with Crippen LogP contribution >= 0.6 is 11.8 Å². The van der Waals surface area contributed by atoms with E-state index in [0.717, 1.165) is 52.2 Å². The number of thioether (sulfide) groups is 1. The minimum absolute atomic E-state index is 0.305. The highest BCUT2D eigenvalue weighted by molar-refractivity contribution is 7.99. The first-order chi connectivity index (χ1) is 16.0. The van der Waals surface area contributed by atoms with Gasteiger partial charge in [0.1, 0.15) is 11.7 Å². The van der Waals surface area contributed by atoms with Gasteiger partial charge in [0, 0.05) is 47.8 Å². The Bertz CT molecular complexity index is 1320. The van der Waals surface area contributed by atoms with Crippen molar-refractivity contribution in [2.45, 2.75) is 43.2 Å². The Morgan fingerprint density at radius 1 is 1.24 bits per heavy atom. The van der Waals surface area contributed by atoms with Crippen LogP contribution in [0.2, 0.25) is 0 Å². The van der Waals surface area contributed by atoms with Gasteiger partial charge in [0.15, 0.2) is 5.76 Å². The summed E-state index contributed by atoms with van der Waals surface area (Å²) in [4.78, 5) is 28.1. The monoisotopic (exact) mass is 461 g/mol. The number of fused-ring (bicyclic) bond motifs is 1. The molecule has 4 heterocycles. The SMILES string of the molecule is C1=CN=CC1.Cc1cccc(-c2cc(-c3cc(=O)n4c(c3C3CC3)SCC4C(=O)O)on2)c1. The number of hydrogen-bond acceptors (Lipinski definition) is 6. The van der Waals surface area contributed by atoms with Crippen LogP contribution in [0.4, 0.5) is 0 Å². The summed E-state index contributed by atoms with van der Waals surface area (Å²) in [7, 11) is 0. The lowest BCUT2D eigenvalue weighted by atomic mass is 10.0. The van der Waals surface area contributed by atoms with Crippen molar-refractivity contribution in [3.63, 3.8) is 0 Å². The maximum atomic E-state index is 12.8. The second-order valence-corrected chi connectivity index (χ2v) is 9.33. The molecular weight excluding hydrogens is 438 g/mol. The summed E-state index contributed by atoms with van der Waals surface area (Å²) < 4.78 is 7.06. The van der Waals surface area contributed by atoms with Crippen molar-refractivity contribution in [3.8, 4) is 22.6 Å². The van der Waals surface area contributed by atoms with Gasteiger partial charge < -0.3 is 9.63 Å². The first-order valence-electron chi connectivity index (χ1n) is 10.9. The molecule has 0 radical (unpaired) electrons. The maximum absolute atomic E-state index is 12.8. The van der Waals surface area contributed by atoms with E-state index in [9.17, 15) is 14.7 Å². The van der Waals surface area contributed by atoms with E-state index in [1.165, 1.54) is 22.4 Å². The summed E-state index contributed by atoms with van der Waals surface area (Å²) in [5, 5.41) is 14.4. The van der Waals surface area contributed by atoms with Gasteiger partial charge in [-0.25, -0.2) is 4.79 Å². The lowest BCUT2D eigenvalue weighted by molar-refractivity contribution is -0.140. The van der Waals surface area contributed by atoms with E-state index >= 15 is 0 Å². The Hall–Kier alpha value is -3.39. The van der Waals surface area contributed by atoms with E-state index in [-0.39, 0.29) is 5.56 Å². The summed E-state index contributed by atoms with van der Waals surface area (Å²) in [5.41, 5.74) is 4.27. The molecule has 6 rings (SSSR count). The highest BCUT2D eigenvalue weighted by atomic mass is 32.2. The number of hydrogen-bond donors (Lipinski definition) is 1. The van der Waals surface area contributed by atoms with Crippen molar-refractivity contribution in [2.24, 2.45) is 4.99 Å². The number of benzene rings is 1. The highest BCUT2D eigenvalue weighted by Crippen LogP contribution is 2.50. The molecule has 1 fully saturated rings. The minimum Gasteiger partial charge on any atom is -0.480 e. The van der Waals surface area contributed by atoms with Gasteiger partial charge >= 0.3 is 5.97 Å². The molecule has 1 aliphatic carbocycles. The number of aryl methyl sites for hydroxylation is 1. The summed E-state index contributed by atoms with van der Waals surface area (Å²) in [6.45, 7) is 2.02. The summed E-state index contributed by atoms with van der Waals surface area (Å²) >= 11 is 1.45. The number of aliphatic imine (C=N–C) groups is 1. The van der Waals surface area contributed by atoms with Gasteiger partial charge in [0.25, 0.3) is 5.56 Å². The molecule has 7 nitrogen and oxygen atoms in total. The third-order valence-corrected chi connectivity index (χ3v) is 7.01. The third kappa shape index (κ3) is 4.30. The van der Waals surface area contributed by atoms with E-state index in [2.05, 4.69) is 10.1 Å². The van der Waals surface area contributed by atoms with Crippen molar-refractivity contribution >= 4 is 23.9 Å². The summed E-state index contributed by atoms with van der Waals surface area (Å²) in [6, 6.07) is 10.6. The highest BCUT2D eigenvalue weighted by Gasteiger charge is 2.38. The van der Waals surface area contributed by atoms with Gasteiger partial charge in [-0.05, 0) is 37.3 Å². The smallest absolute Gasteiger partial charge is 0.327 e. The Kier molecular flexibility index (Phi) is 5.76. The van der Waals surface area contributed by atoms with E-state index in [1.54, 1.807) is 6.20 Å². The van der Waals surface area contributed by atoms with Crippen LogP contribution < -0.4 is 5.56 Å². The molecule has 8 heteroatoms. The number of rotatable bonds is 4. The van der Waals surface area contributed by atoms with Gasteiger partial charge in [-0.1, -0.05) is 35.0 Å². The second kappa shape index (κ2) is 8.86. The molecule has 0 bridgehead atoms. The van der Waals surface area contributed by atoms with Crippen molar-refractivity contribution in [3.05, 3.63) is 70.2 Å². The minimum atomic E-state index is -0.968. The van der Waals surface area contributed by atoms with Crippen LogP contribution in [0, 0.1) is 6.92 Å². The van der Waals surface area contributed by atoms with Crippen LogP contribution in [0.15, 0.2) is 68.0 Å². The van der Waals surface area contributed by atoms with Gasteiger partial charge in [-0.3, -0.25) is 14.4 Å². The van der Waals surface area contributed by atoms with Crippen LogP contribution in [0.5, 0.6) is 0 Å². The fourth-order valence-corrected chi connectivity index (χ4v) is 5.49. The Morgan fingerprint density at radius 3 is 2.73 bits per heavy atom. The average Bonchev–Trinajstić information content (AvgIpc) is 3.24. The van der Waals surface area contributed by atoms with E-state index in [4.69, 9.17) is 4.52 Å². The third-order valence-electron chi connectivity index (χ3n) is 5.83. The first kappa shape index (κ1) is 21.5. The predicted molar refractivity (Wildman–Crippen MR) is 128 cm³/mol.